The van der Waals surface area contributed by atoms with E-state index in [1.165, 1.54) is 0 Å². The lowest BCUT2D eigenvalue weighted by molar-refractivity contribution is 0.316. The zero-order valence-electron chi connectivity index (χ0n) is 13.9. The summed E-state index contributed by atoms with van der Waals surface area (Å²) in [5, 5.41) is 28.3. The number of phenols is 2. The van der Waals surface area contributed by atoms with Crippen LogP contribution in [0.3, 0.4) is 0 Å². The Morgan fingerprint density at radius 1 is 0.750 bits per heavy atom. The molecule has 0 heterocycles. The SMILES string of the molecule is CCOc1cccc(CN=NCc2cccc(OCC)c2O)c1O. The highest BCUT2D eigenvalue weighted by atomic mass is 16.5. The van der Waals surface area contributed by atoms with E-state index in [2.05, 4.69) is 10.2 Å². The van der Waals surface area contributed by atoms with Crippen LogP contribution in [-0.2, 0) is 13.1 Å². The summed E-state index contributed by atoms with van der Waals surface area (Å²) in [6.07, 6.45) is 0. The molecule has 0 aliphatic rings. The fraction of sp³-hybridized carbons (Fsp3) is 0.333. The molecule has 2 rings (SSSR count). The molecular weight excluding hydrogens is 308 g/mol. The van der Waals surface area contributed by atoms with Gasteiger partial charge >= 0.3 is 0 Å². The van der Waals surface area contributed by atoms with Crippen molar-refractivity contribution in [3.8, 4) is 23.0 Å². The van der Waals surface area contributed by atoms with Crippen molar-refractivity contribution in [3.05, 3.63) is 47.5 Å². The molecule has 0 fully saturated rings. The first-order valence-electron chi connectivity index (χ1n) is 7.87. The molecule has 2 aromatic carbocycles. The van der Waals surface area contributed by atoms with E-state index in [1.54, 1.807) is 36.4 Å². The summed E-state index contributed by atoms with van der Waals surface area (Å²) in [6.45, 7) is 5.14. The van der Waals surface area contributed by atoms with Crippen LogP contribution in [-0.4, -0.2) is 23.4 Å². The molecular formula is C18H22N2O4. The first kappa shape index (κ1) is 17.6. The summed E-state index contributed by atoms with van der Waals surface area (Å²) >= 11 is 0. The third-order valence-electron chi connectivity index (χ3n) is 3.35. The predicted octanol–water partition coefficient (Wildman–Crippen LogP) is 4.05. The maximum atomic E-state index is 10.1. The van der Waals surface area contributed by atoms with E-state index >= 15 is 0 Å². The van der Waals surface area contributed by atoms with E-state index in [9.17, 15) is 10.2 Å². The van der Waals surface area contributed by atoms with Crippen LogP contribution in [0, 0.1) is 0 Å². The second-order valence-electron chi connectivity index (χ2n) is 4.99. The summed E-state index contributed by atoms with van der Waals surface area (Å²) in [4.78, 5) is 0. The van der Waals surface area contributed by atoms with Crippen LogP contribution in [0.1, 0.15) is 25.0 Å². The maximum Gasteiger partial charge on any atom is 0.162 e. The Labute approximate surface area is 141 Å². The van der Waals surface area contributed by atoms with Crippen LogP contribution in [0.4, 0.5) is 0 Å². The summed E-state index contributed by atoms with van der Waals surface area (Å²) in [5.41, 5.74) is 1.27. The predicted molar refractivity (Wildman–Crippen MR) is 90.8 cm³/mol. The van der Waals surface area contributed by atoms with E-state index in [1.807, 2.05) is 13.8 Å². The lowest BCUT2D eigenvalue weighted by Crippen LogP contribution is -1.94. The maximum absolute atomic E-state index is 10.1. The molecule has 0 bridgehead atoms. The van der Waals surface area contributed by atoms with E-state index in [0.29, 0.717) is 35.8 Å². The van der Waals surface area contributed by atoms with Crippen LogP contribution in [0.25, 0.3) is 0 Å². The lowest BCUT2D eigenvalue weighted by Gasteiger charge is -2.09. The van der Waals surface area contributed by atoms with Crippen LogP contribution in [0.2, 0.25) is 0 Å². The van der Waals surface area contributed by atoms with Gasteiger partial charge in [-0.25, -0.2) is 0 Å². The molecule has 0 radical (unpaired) electrons. The largest absolute Gasteiger partial charge is 0.504 e. The van der Waals surface area contributed by atoms with Crippen LogP contribution in [0.15, 0.2) is 46.6 Å². The Morgan fingerprint density at radius 3 is 1.54 bits per heavy atom. The van der Waals surface area contributed by atoms with Gasteiger partial charge in [-0.15, -0.1) is 0 Å². The van der Waals surface area contributed by atoms with Gasteiger partial charge in [0.15, 0.2) is 23.0 Å². The van der Waals surface area contributed by atoms with Crippen molar-refractivity contribution in [1.29, 1.82) is 0 Å². The smallest absolute Gasteiger partial charge is 0.162 e. The molecule has 2 aromatic rings. The molecule has 0 saturated heterocycles. The van der Waals surface area contributed by atoms with E-state index in [4.69, 9.17) is 9.47 Å². The van der Waals surface area contributed by atoms with Gasteiger partial charge in [0, 0.05) is 11.1 Å². The van der Waals surface area contributed by atoms with E-state index in [-0.39, 0.29) is 24.6 Å². The van der Waals surface area contributed by atoms with Gasteiger partial charge in [-0.2, -0.15) is 10.2 Å². The Kier molecular flexibility index (Phi) is 6.42. The van der Waals surface area contributed by atoms with Gasteiger partial charge in [-0.3, -0.25) is 0 Å². The number of ether oxygens (including phenoxy) is 2. The molecule has 6 heteroatoms. The second kappa shape index (κ2) is 8.76. The zero-order valence-corrected chi connectivity index (χ0v) is 13.9. The van der Waals surface area contributed by atoms with E-state index in [0.717, 1.165) is 0 Å². The lowest BCUT2D eigenvalue weighted by atomic mass is 10.2. The first-order chi connectivity index (χ1) is 11.7. The van der Waals surface area contributed by atoms with Crippen LogP contribution < -0.4 is 9.47 Å². The Bertz CT molecular complexity index is 642. The van der Waals surface area contributed by atoms with Crippen molar-refractivity contribution in [1.82, 2.24) is 0 Å². The number of aromatic hydroxyl groups is 2. The number of phenolic OH excluding ortho intramolecular Hbond substituents is 2. The molecule has 0 atom stereocenters. The highest BCUT2D eigenvalue weighted by molar-refractivity contribution is 5.46. The van der Waals surface area contributed by atoms with Gasteiger partial charge in [0.1, 0.15) is 0 Å². The monoisotopic (exact) mass is 330 g/mol. The topological polar surface area (TPSA) is 83.6 Å². The summed E-state index contributed by atoms with van der Waals surface area (Å²) in [7, 11) is 0. The fourth-order valence-electron chi connectivity index (χ4n) is 2.19. The fourth-order valence-corrected chi connectivity index (χ4v) is 2.19. The molecule has 0 unspecified atom stereocenters. The number of benzene rings is 2. The van der Waals surface area contributed by atoms with Gasteiger partial charge in [-0.1, -0.05) is 24.3 Å². The highest BCUT2D eigenvalue weighted by Gasteiger charge is 2.08. The highest BCUT2D eigenvalue weighted by Crippen LogP contribution is 2.31. The van der Waals surface area contributed by atoms with Crippen LogP contribution >= 0.6 is 0 Å². The molecule has 0 aliphatic carbocycles. The molecule has 0 aliphatic heterocycles. The Hall–Kier alpha value is -2.76. The van der Waals surface area contributed by atoms with Gasteiger partial charge in [0.25, 0.3) is 0 Å². The average molecular weight is 330 g/mol. The Morgan fingerprint density at radius 2 is 1.17 bits per heavy atom. The normalized spacial score (nSPS) is 10.9. The summed E-state index contributed by atoms with van der Waals surface area (Å²) in [5.74, 6) is 1.04. The minimum atomic E-state index is 0.0829. The van der Waals surface area contributed by atoms with Crippen LogP contribution in [0.5, 0.6) is 23.0 Å². The number of rotatable bonds is 8. The minimum Gasteiger partial charge on any atom is -0.504 e. The van der Waals surface area contributed by atoms with Gasteiger partial charge in [-0.05, 0) is 26.0 Å². The molecule has 128 valence electrons. The van der Waals surface area contributed by atoms with Crippen molar-refractivity contribution in [2.45, 2.75) is 26.9 Å². The molecule has 0 saturated carbocycles. The molecule has 24 heavy (non-hydrogen) atoms. The third-order valence-corrected chi connectivity index (χ3v) is 3.35. The van der Waals surface area contributed by atoms with Gasteiger partial charge < -0.3 is 19.7 Å². The van der Waals surface area contributed by atoms with Gasteiger partial charge in [0.2, 0.25) is 0 Å². The zero-order chi connectivity index (χ0) is 17.4. The third kappa shape index (κ3) is 4.38. The van der Waals surface area contributed by atoms with Crippen molar-refractivity contribution in [2.75, 3.05) is 13.2 Å². The minimum absolute atomic E-state index is 0.0829. The number of hydrogen-bond acceptors (Lipinski definition) is 6. The van der Waals surface area contributed by atoms with Gasteiger partial charge in [0.05, 0.1) is 26.3 Å². The molecule has 6 nitrogen and oxygen atoms in total. The summed E-state index contributed by atoms with van der Waals surface area (Å²) in [6, 6.07) is 10.5. The second-order valence-corrected chi connectivity index (χ2v) is 4.99. The number of para-hydroxylation sites is 2. The number of hydrogen-bond donors (Lipinski definition) is 2. The van der Waals surface area contributed by atoms with Crippen molar-refractivity contribution >= 4 is 0 Å². The molecule has 0 aromatic heterocycles. The number of azo groups is 1. The number of nitrogens with zero attached hydrogens (tertiary/aromatic N) is 2. The Balaban J connectivity index is 2.01. The van der Waals surface area contributed by atoms with Crippen molar-refractivity contribution in [3.63, 3.8) is 0 Å². The van der Waals surface area contributed by atoms with Crippen molar-refractivity contribution in [2.24, 2.45) is 10.2 Å². The first-order valence-corrected chi connectivity index (χ1v) is 7.87. The standard InChI is InChI=1S/C18H22N2O4/c1-3-23-15-9-5-7-13(17(15)21)11-19-20-12-14-8-6-10-16(18(14)22)24-4-2/h5-10,21-22H,3-4,11-12H2,1-2H3. The molecule has 0 amide bonds. The quantitative estimate of drug-likeness (QED) is 0.715. The van der Waals surface area contributed by atoms with E-state index < -0.39 is 0 Å². The molecule has 0 spiro atoms. The molecule has 2 N–H and O–H groups in total. The van der Waals surface area contributed by atoms with Crippen molar-refractivity contribution < 1.29 is 19.7 Å². The average Bonchev–Trinajstić information content (AvgIpc) is 2.58. The summed E-state index contributed by atoms with van der Waals surface area (Å²) < 4.78 is 10.7.